The molecule has 0 radical (unpaired) electrons. The van der Waals surface area contributed by atoms with Crippen molar-refractivity contribution in [3.63, 3.8) is 0 Å². The molecule has 0 aromatic carbocycles. The van der Waals surface area contributed by atoms with Gasteiger partial charge in [0, 0.05) is 13.2 Å². The van der Waals surface area contributed by atoms with E-state index in [0.717, 1.165) is 23.1 Å². The highest BCUT2D eigenvalue weighted by Gasteiger charge is 2.08. The average molecular weight is 230 g/mol. The molecule has 7 heteroatoms. The highest BCUT2D eigenvalue weighted by molar-refractivity contribution is 6.99. The number of anilines is 2. The molecule has 74 valence electrons. The predicted octanol–water partition coefficient (Wildman–Crippen LogP) is 1.98. The lowest BCUT2D eigenvalue weighted by atomic mass is 10.4. The Labute approximate surface area is 90.0 Å². The zero-order valence-electron chi connectivity index (χ0n) is 7.65. The van der Waals surface area contributed by atoms with E-state index in [9.17, 15) is 0 Å². The van der Waals surface area contributed by atoms with Crippen LogP contribution in [0.4, 0.5) is 11.5 Å². The summed E-state index contributed by atoms with van der Waals surface area (Å²) >= 11 is 6.87. The fourth-order valence-corrected chi connectivity index (χ4v) is 1.75. The van der Waals surface area contributed by atoms with Gasteiger partial charge in [-0.1, -0.05) is 11.6 Å². The van der Waals surface area contributed by atoms with Crippen LogP contribution in [-0.4, -0.2) is 18.5 Å². The minimum atomic E-state index is 0.387. The van der Waals surface area contributed by atoms with E-state index in [4.69, 9.17) is 11.6 Å². The summed E-state index contributed by atoms with van der Waals surface area (Å²) in [7, 11) is 1.86. The second-order valence-electron chi connectivity index (χ2n) is 2.83. The van der Waals surface area contributed by atoms with Gasteiger partial charge in [-0.05, 0) is 6.92 Å². The van der Waals surface area contributed by atoms with Gasteiger partial charge in [0.15, 0.2) is 11.0 Å². The number of nitrogens with zero attached hydrogens (tertiary/aromatic N) is 4. The van der Waals surface area contributed by atoms with Gasteiger partial charge in [0.05, 0.1) is 23.1 Å². The first-order valence-electron chi connectivity index (χ1n) is 3.92. The van der Waals surface area contributed by atoms with Crippen molar-refractivity contribution in [3.8, 4) is 0 Å². The summed E-state index contributed by atoms with van der Waals surface area (Å²) in [6, 6.07) is 0. The second kappa shape index (κ2) is 3.55. The first-order valence-corrected chi connectivity index (χ1v) is 5.03. The van der Waals surface area contributed by atoms with E-state index in [2.05, 4.69) is 19.2 Å². The van der Waals surface area contributed by atoms with Crippen molar-refractivity contribution in [1.29, 1.82) is 0 Å². The summed E-state index contributed by atoms with van der Waals surface area (Å²) in [6.07, 6.45) is 1.87. The Balaban J connectivity index is 2.27. The Morgan fingerprint density at radius 3 is 2.79 bits per heavy atom. The fraction of sp³-hybridized carbons (Fsp3) is 0.286. The molecule has 0 bridgehead atoms. The van der Waals surface area contributed by atoms with E-state index in [1.165, 1.54) is 0 Å². The van der Waals surface area contributed by atoms with Crippen LogP contribution in [0.3, 0.4) is 0 Å². The van der Waals surface area contributed by atoms with Crippen LogP contribution in [-0.2, 0) is 7.05 Å². The van der Waals surface area contributed by atoms with Crippen LogP contribution in [0.15, 0.2) is 6.20 Å². The monoisotopic (exact) mass is 229 g/mol. The standard InChI is InChI=1S/C7H8ClN5S/c1-4-5(3-13(2)10-4)9-7-6(8)11-14-12-7/h3H,1-2H3,(H,9,12). The summed E-state index contributed by atoms with van der Waals surface area (Å²) in [5, 5.41) is 7.64. The van der Waals surface area contributed by atoms with E-state index in [0.29, 0.717) is 11.0 Å². The molecule has 0 saturated heterocycles. The Morgan fingerprint density at radius 2 is 2.29 bits per heavy atom. The van der Waals surface area contributed by atoms with Crippen molar-refractivity contribution in [2.75, 3.05) is 5.32 Å². The minimum absolute atomic E-state index is 0.387. The number of nitrogens with one attached hydrogen (secondary N) is 1. The van der Waals surface area contributed by atoms with E-state index >= 15 is 0 Å². The molecular weight excluding hydrogens is 222 g/mol. The van der Waals surface area contributed by atoms with Crippen molar-refractivity contribution in [3.05, 3.63) is 17.0 Å². The Hall–Kier alpha value is -1.14. The maximum atomic E-state index is 5.80. The largest absolute Gasteiger partial charge is 0.334 e. The number of rotatable bonds is 2. The van der Waals surface area contributed by atoms with Gasteiger partial charge in [-0.25, -0.2) is 0 Å². The van der Waals surface area contributed by atoms with Crippen LogP contribution in [0.5, 0.6) is 0 Å². The molecule has 14 heavy (non-hydrogen) atoms. The lowest BCUT2D eigenvalue weighted by molar-refractivity contribution is 0.756. The van der Waals surface area contributed by atoms with Crippen molar-refractivity contribution in [1.82, 2.24) is 18.5 Å². The van der Waals surface area contributed by atoms with Crippen LogP contribution in [0.25, 0.3) is 0 Å². The number of hydrogen-bond acceptors (Lipinski definition) is 5. The first kappa shape index (κ1) is 9.42. The van der Waals surface area contributed by atoms with Gasteiger partial charge in [0.2, 0.25) is 0 Å². The second-order valence-corrected chi connectivity index (χ2v) is 3.72. The highest BCUT2D eigenvalue weighted by atomic mass is 35.5. The SMILES string of the molecule is Cc1nn(C)cc1Nc1nsnc1Cl. The highest BCUT2D eigenvalue weighted by Crippen LogP contribution is 2.23. The third-order valence-electron chi connectivity index (χ3n) is 1.72. The van der Waals surface area contributed by atoms with E-state index < -0.39 is 0 Å². The number of aryl methyl sites for hydroxylation is 2. The van der Waals surface area contributed by atoms with Crippen molar-refractivity contribution in [2.45, 2.75) is 6.92 Å². The Kier molecular flexibility index (Phi) is 2.39. The topological polar surface area (TPSA) is 55.6 Å². The maximum absolute atomic E-state index is 5.80. The molecule has 0 aliphatic carbocycles. The third kappa shape index (κ3) is 1.71. The van der Waals surface area contributed by atoms with Crippen molar-refractivity contribution in [2.24, 2.45) is 7.05 Å². The Morgan fingerprint density at radius 1 is 1.50 bits per heavy atom. The van der Waals surface area contributed by atoms with Crippen molar-refractivity contribution < 1.29 is 0 Å². The van der Waals surface area contributed by atoms with Crippen LogP contribution < -0.4 is 5.32 Å². The lowest BCUT2D eigenvalue weighted by Gasteiger charge is -1.98. The molecule has 0 saturated carbocycles. The molecule has 2 heterocycles. The molecule has 0 aliphatic rings. The minimum Gasteiger partial charge on any atom is -0.334 e. The smallest absolute Gasteiger partial charge is 0.187 e. The van der Waals surface area contributed by atoms with Crippen LogP contribution in [0.2, 0.25) is 5.15 Å². The van der Waals surface area contributed by atoms with Gasteiger partial charge in [-0.15, -0.1) is 0 Å². The molecule has 2 aromatic heterocycles. The van der Waals surface area contributed by atoms with Crippen LogP contribution in [0, 0.1) is 6.92 Å². The molecule has 2 rings (SSSR count). The molecule has 0 amide bonds. The molecule has 0 spiro atoms. The van der Waals surface area contributed by atoms with Crippen molar-refractivity contribution >= 4 is 34.8 Å². The summed E-state index contributed by atoms with van der Waals surface area (Å²) in [4.78, 5) is 0. The first-order chi connectivity index (χ1) is 6.66. The maximum Gasteiger partial charge on any atom is 0.187 e. The molecule has 0 fully saturated rings. The summed E-state index contributed by atoms with van der Waals surface area (Å²) in [5.74, 6) is 0.577. The zero-order chi connectivity index (χ0) is 10.1. The zero-order valence-corrected chi connectivity index (χ0v) is 9.22. The predicted molar refractivity (Wildman–Crippen MR) is 56.1 cm³/mol. The molecular formula is C7H8ClN5S. The molecule has 5 nitrogen and oxygen atoms in total. The van der Waals surface area contributed by atoms with Crippen LogP contribution in [0.1, 0.15) is 5.69 Å². The summed E-state index contributed by atoms with van der Waals surface area (Å²) in [5.41, 5.74) is 1.79. The summed E-state index contributed by atoms with van der Waals surface area (Å²) < 4.78 is 9.59. The van der Waals surface area contributed by atoms with E-state index in [-0.39, 0.29) is 0 Å². The van der Waals surface area contributed by atoms with Crippen LogP contribution >= 0.6 is 23.3 Å². The third-order valence-corrected chi connectivity index (χ3v) is 2.61. The summed E-state index contributed by atoms with van der Waals surface area (Å²) in [6.45, 7) is 1.91. The quantitative estimate of drug-likeness (QED) is 0.856. The van der Waals surface area contributed by atoms with Gasteiger partial charge in [-0.3, -0.25) is 4.68 Å². The molecule has 2 aromatic rings. The van der Waals surface area contributed by atoms with Gasteiger partial charge < -0.3 is 5.32 Å². The molecule has 0 aliphatic heterocycles. The number of aromatic nitrogens is 4. The average Bonchev–Trinajstić information content (AvgIpc) is 2.62. The molecule has 0 atom stereocenters. The number of hydrogen-bond donors (Lipinski definition) is 1. The van der Waals surface area contributed by atoms with E-state index in [1.54, 1.807) is 4.68 Å². The van der Waals surface area contributed by atoms with Gasteiger partial charge in [-0.2, -0.15) is 13.8 Å². The number of halogens is 1. The Bertz CT molecular complexity index is 449. The van der Waals surface area contributed by atoms with Gasteiger partial charge in [0.25, 0.3) is 0 Å². The lowest BCUT2D eigenvalue weighted by Crippen LogP contribution is -1.91. The normalized spacial score (nSPS) is 10.5. The fourth-order valence-electron chi connectivity index (χ4n) is 1.10. The van der Waals surface area contributed by atoms with Gasteiger partial charge >= 0.3 is 0 Å². The molecule has 1 N–H and O–H groups in total. The van der Waals surface area contributed by atoms with E-state index in [1.807, 2.05) is 20.2 Å². The molecule has 0 unspecified atom stereocenters. The van der Waals surface area contributed by atoms with Gasteiger partial charge in [0.1, 0.15) is 0 Å².